The molecule has 1 atom stereocenters. The fourth-order valence-corrected chi connectivity index (χ4v) is 6.21. The van der Waals surface area contributed by atoms with Crippen molar-refractivity contribution >= 4 is 15.9 Å². The van der Waals surface area contributed by atoms with Crippen molar-refractivity contribution in [1.29, 1.82) is 0 Å². The van der Waals surface area contributed by atoms with Crippen molar-refractivity contribution < 1.29 is 17.7 Å². The fraction of sp³-hybridized carbons (Fsp3) is 0.684. The van der Waals surface area contributed by atoms with E-state index in [0.29, 0.717) is 43.9 Å². The van der Waals surface area contributed by atoms with E-state index in [2.05, 4.69) is 15.4 Å². The lowest BCUT2D eigenvalue weighted by molar-refractivity contribution is -0.135. The Morgan fingerprint density at radius 2 is 1.93 bits per heavy atom. The van der Waals surface area contributed by atoms with E-state index in [0.717, 1.165) is 37.5 Å². The molecule has 10 nitrogen and oxygen atoms in total. The Balaban J connectivity index is 1.60. The van der Waals surface area contributed by atoms with Gasteiger partial charge in [-0.3, -0.25) is 4.79 Å². The standard InChI is InChI=1S/C19H28N6O4S/c1-4-17(26)24-9-6-5-7-15(24)19-21-20-16-8-10-23(11-12-25(16)19)30(27,28)18-13(2)22-29-14(18)3/h15H,4-12H2,1-3H3. The number of sulfonamides is 1. The third-order valence-electron chi connectivity index (χ3n) is 6.00. The van der Waals surface area contributed by atoms with Crippen molar-refractivity contribution in [3.63, 3.8) is 0 Å². The van der Waals surface area contributed by atoms with Gasteiger partial charge in [-0.05, 0) is 33.1 Å². The van der Waals surface area contributed by atoms with Crippen LogP contribution < -0.4 is 0 Å². The zero-order valence-corrected chi connectivity index (χ0v) is 18.5. The molecule has 2 aromatic heterocycles. The summed E-state index contributed by atoms with van der Waals surface area (Å²) in [7, 11) is -3.71. The molecule has 1 saturated heterocycles. The van der Waals surface area contributed by atoms with Gasteiger partial charge in [-0.15, -0.1) is 10.2 Å². The zero-order valence-electron chi connectivity index (χ0n) is 17.7. The van der Waals surface area contributed by atoms with Crippen LogP contribution in [0.1, 0.15) is 61.8 Å². The van der Waals surface area contributed by atoms with Crippen LogP contribution in [0.2, 0.25) is 0 Å². The van der Waals surface area contributed by atoms with Gasteiger partial charge in [0.25, 0.3) is 0 Å². The topological polar surface area (TPSA) is 114 Å². The largest absolute Gasteiger partial charge is 0.360 e. The van der Waals surface area contributed by atoms with Gasteiger partial charge in [0.15, 0.2) is 11.6 Å². The number of fused-ring (bicyclic) bond motifs is 1. The summed E-state index contributed by atoms with van der Waals surface area (Å²) in [5, 5.41) is 12.6. The lowest BCUT2D eigenvalue weighted by atomic mass is 10.0. The molecule has 1 unspecified atom stereocenters. The average Bonchev–Trinajstić information content (AvgIpc) is 3.22. The highest BCUT2D eigenvalue weighted by Gasteiger charge is 2.35. The number of hydrogen-bond acceptors (Lipinski definition) is 7. The smallest absolute Gasteiger partial charge is 0.248 e. The zero-order chi connectivity index (χ0) is 21.5. The average molecular weight is 437 g/mol. The van der Waals surface area contributed by atoms with E-state index in [1.54, 1.807) is 13.8 Å². The molecule has 30 heavy (non-hydrogen) atoms. The molecule has 4 heterocycles. The summed E-state index contributed by atoms with van der Waals surface area (Å²) >= 11 is 0. The number of rotatable bonds is 4. The number of hydrogen-bond donors (Lipinski definition) is 0. The highest BCUT2D eigenvalue weighted by molar-refractivity contribution is 7.89. The van der Waals surface area contributed by atoms with Gasteiger partial charge in [-0.1, -0.05) is 12.1 Å². The molecular formula is C19H28N6O4S. The predicted octanol–water partition coefficient (Wildman–Crippen LogP) is 1.59. The van der Waals surface area contributed by atoms with Gasteiger partial charge >= 0.3 is 0 Å². The maximum atomic E-state index is 13.2. The Kier molecular flexibility index (Phi) is 5.67. The van der Waals surface area contributed by atoms with Crippen molar-refractivity contribution in [2.24, 2.45) is 0 Å². The highest BCUT2D eigenvalue weighted by atomic mass is 32.2. The van der Waals surface area contributed by atoms with Crippen molar-refractivity contribution in [3.05, 3.63) is 23.1 Å². The highest BCUT2D eigenvalue weighted by Crippen LogP contribution is 2.32. The second-order valence-electron chi connectivity index (χ2n) is 7.89. The second kappa shape index (κ2) is 8.10. The molecule has 0 radical (unpaired) electrons. The molecule has 0 aliphatic carbocycles. The maximum Gasteiger partial charge on any atom is 0.248 e. The molecule has 4 rings (SSSR count). The van der Waals surface area contributed by atoms with Crippen LogP contribution in [0, 0.1) is 13.8 Å². The normalized spacial score (nSPS) is 20.8. The summed E-state index contributed by atoms with van der Waals surface area (Å²) in [6.07, 6.45) is 3.80. The van der Waals surface area contributed by atoms with E-state index in [-0.39, 0.29) is 16.8 Å². The molecule has 1 fully saturated rings. The van der Waals surface area contributed by atoms with Crippen molar-refractivity contribution in [2.45, 2.75) is 70.4 Å². The molecule has 2 aliphatic rings. The summed E-state index contributed by atoms with van der Waals surface area (Å²) in [4.78, 5) is 14.5. The minimum absolute atomic E-state index is 0.0989. The molecule has 0 aromatic carbocycles. The second-order valence-corrected chi connectivity index (χ2v) is 9.76. The molecule has 2 aliphatic heterocycles. The molecule has 164 valence electrons. The first-order valence-corrected chi connectivity index (χ1v) is 11.9. The van der Waals surface area contributed by atoms with Crippen LogP contribution in [0.15, 0.2) is 9.42 Å². The van der Waals surface area contributed by atoms with Gasteiger partial charge in [0.1, 0.15) is 16.4 Å². The van der Waals surface area contributed by atoms with Crippen molar-refractivity contribution in [3.8, 4) is 0 Å². The summed E-state index contributed by atoms with van der Waals surface area (Å²) in [5.41, 5.74) is 0.368. The number of amides is 1. The molecular weight excluding hydrogens is 408 g/mol. The van der Waals surface area contributed by atoms with Gasteiger partial charge in [0.2, 0.25) is 15.9 Å². The molecule has 11 heteroatoms. The monoisotopic (exact) mass is 436 g/mol. The van der Waals surface area contributed by atoms with Crippen LogP contribution in [0.25, 0.3) is 0 Å². The number of aromatic nitrogens is 4. The number of nitrogens with zero attached hydrogens (tertiary/aromatic N) is 6. The van der Waals surface area contributed by atoms with E-state index in [1.807, 2.05) is 16.4 Å². The van der Waals surface area contributed by atoms with Gasteiger partial charge in [0, 0.05) is 39.0 Å². The Hall–Kier alpha value is -2.27. The summed E-state index contributed by atoms with van der Waals surface area (Å²) in [6.45, 7) is 6.91. The van der Waals surface area contributed by atoms with Crippen LogP contribution in [0.4, 0.5) is 0 Å². The van der Waals surface area contributed by atoms with Crippen LogP contribution in [-0.2, 0) is 27.8 Å². The van der Waals surface area contributed by atoms with Crippen molar-refractivity contribution in [1.82, 2.24) is 29.1 Å². The van der Waals surface area contributed by atoms with Gasteiger partial charge in [-0.2, -0.15) is 4.31 Å². The Labute approximate surface area is 176 Å². The molecule has 2 aromatic rings. The molecule has 0 spiro atoms. The number of carbonyl (C=O) groups excluding carboxylic acids is 1. The lowest BCUT2D eigenvalue weighted by Crippen LogP contribution is -2.39. The number of aryl methyl sites for hydroxylation is 2. The van der Waals surface area contributed by atoms with E-state index < -0.39 is 10.0 Å². The van der Waals surface area contributed by atoms with Crippen molar-refractivity contribution in [2.75, 3.05) is 19.6 Å². The Morgan fingerprint density at radius 1 is 1.13 bits per heavy atom. The van der Waals surface area contributed by atoms with E-state index in [1.165, 1.54) is 4.31 Å². The van der Waals surface area contributed by atoms with Gasteiger partial charge in [-0.25, -0.2) is 8.42 Å². The summed E-state index contributed by atoms with van der Waals surface area (Å²) in [6, 6.07) is -0.0989. The van der Waals surface area contributed by atoms with E-state index in [9.17, 15) is 13.2 Å². The van der Waals surface area contributed by atoms with Crippen LogP contribution in [0.5, 0.6) is 0 Å². The molecule has 0 bridgehead atoms. The number of piperidine rings is 1. The third-order valence-corrected chi connectivity index (χ3v) is 8.15. The number of carbonyl (C=O) groups is 1. The fourth-order valence-electron chi connectivity index (χ4n) is 4.49. The minimum Gasteiger partial charge on any atom is -0.360 e. The quantitative estimate of drug-likeness (QED) is 0.715. The van der Waals surface area contributed by atoms with Crippen LogP contribution >= 0.6 is 0 Å². The molecule has 1 amide bonds. The first-order chi connectivity index (χ1) is 14.3. The minimum atomic E-state index is -3.71. The maximum absolute atomic E-state index is 13.2. The summed E-state index contributed by atoms with van der Waals surface area (Å²) in [5.74, 6) is 1.94. The Morgan fingerprint density at radius 3 is 2.63 bits per heavy atom. The van der Waals surface area contributed by atoms with Crippen LogP contribution in [0.3, 0.4) is 0 Å². The first kappa shape index (κ1) is 21.0. The van der Waals surface area contributed by atoms with E-state index >= 15 is 0 Å². The number of likely N-dealkylation sites (tertiary alicyclic amines) is 1. The van der Waals surface area contributed by atoms with Gasteiger partial charge in [0.05, 0.1) is 6.04 Å². The van der Waals surface area contributed by atoms with Crippen LogP contribution in [-0.4, -0.2) is 63.1 Å². The third kappa shape index (κ3) is 3.53. The van der Waals surface area contributed by atoms with E-state index in [4.69, 9.17) is 4.52 Å². The predicted molar refractivity (Wildman–Crippen MR) is 107 cm³/mol. The molecule has 0 saturated carbocycles. The SMILES string of the molecule is CCC(=O)N1CCCCC1c1nnc2n1CCN(S(=O)(=O)c1c(C)noc1C)CC2. The first-order valence-electron chi connectivity index (χ1n) is 10.5. The lowest BCUT2D eigenvalue weighted by Gasteiger charge is -2.35. The van der Waals surface area contributed by atoms with Gasteiger partial charge < -0.3 is 14.0 Å². The summed E-state index contributed by atoms with van der Waals surface area (Å²) < 4.78 is 35.0. The Bertz CT molecular complexity index is 1020. The molecule has 0 N–H and O–H groups in total.